The minimum Gasteiger partial charge on any atom is -0.462 e. The van der Waals surface area contributed by atoms with Gasteiger partial charge >= 0.3 is 18.3 Å². The zero-order valence-electron chi connectivity index (χ0n) is 18.4. The van der Waals surface area contributed by atoms with Crippen molar-refractivity contribution in [2.24, 2.45) is 16.2 Å². The molecule has 0 radical (unpaired) electrons. The molecule has 0 saturated carbocycles. The van der Waals surface area contributed by atoms with Gasteiger partial charge in [0, 0.05) is 6.42 Å². The van der Waals surface area contributed by atoms with Gasteiger partial charge in [-0.25, -0.2) is 0 Å². The molecule has 0 saturated heterocycles. The molecule has 0 spiro atoms. The van der Waals surface area contributed by atoms with Crippen LogP contribution in [0.4, 0.5) is 26.3 Å². The number of rotatable bonds is 8. The normalized spacial score (nSPS) is 17.6. The smallest absolute Gasteiger partial charge is 0.426 e. The van der Waals surface area contributed by atoms with Crippen molar-refractivity contribution in [1.29, 1.82) is 0 Å². The molecule has 0 fully saturated rings. The van der Waals surface area contributed by atoms with E-state index in [1.807, 2.05) is 41.5 Å². The van der Waals surface area contributed by atoms with Crippen LogP contribution in [0.5, 0.6) is 0 Å². The van der Waals surface area contributed by atoms with Crippen molar-refractivity contribution in [3.8, 4) is 0 Å². The molecule has 174 valence electrons. The van der Waals surface area contributed by atoms with Crippen molar-refractivity contribution in [3.05, 3.63) is 0 Å². The fourth-order valence-corrected chi connectivity index (χ4v) is 3.31. The lowest BCUT2D eigenvalue weighted by Crippen LogP contribution is -2.59. The molecule has 9 heteroatoms. The molecule has 0 aliphatic heterocycles. The van der Waals surface area contributed by atoms with Gasteiger partial charge < -0.3 is 9.84 Å². The Morgan fingerprint density at radius 3 is 1.59 bits per heavy atom. The highest BCUT2D eigenvalue weighted by Gasteiger charge is 2.71. The fraction of sp³-hybridized carbons (Fsp3) is 0.950. The molecule has 0 rings (SSSR count). The second-order valence-corrected chi connectivity index (χ2v) is 9.80. The van der Waals surface area contributed by atoms with E-state index in [2.05, 4.69) is 0 Å². The SMILES string of the molecule is CCC(CC(O)(C(F)(F)F)C(F)(F)F)OC(=O)C(C)(CC(C)(C)C)C(C)(C)CC. The first-order chi connectivity index (χ1) is 12.6. The van der Waals surface area contributed by atoms with Gasteiger partial charge in [-0.2, -0.15) is 26.3 Å². The predicted octanol–water partition coefficient (Wildman–Crippen LogP) is 6.43. The Balaban J connectivity index is 5.95. The van der Waals surface area contributed by atoms with Gasteiger partial charge in [0.05, 0.1) is 5.41 Å². The Labute approximate surface area is 169 Å². The van der Waals surface area contributed by atoms with Crippen LogP contribution in [0.3, 0.4) is 0 Å². The van der Waals surface area contributed by atoms with E-state index in [1.54, 1.807) is 6.92 Å². The lowest BCUT2D eigenvalue weighted by atomic mass is 9.59. The molecule has 0 aliphatic carbocycles. The number of carbonyl (C=O) groups is 1. The van der Waals surface area contributed by atoms with E-state index in [0.717, 1.165) is 0 Å². The van der Waals surface area contributed by atoms with Gasteiger partial charge in [0.1, 0.15) is 6.10 Å². The van der Waals surface area contributed by atoms with Crippen molar-refractivity contribution in [2.45, 2.75) is 105 Å². The number of ether oxygens (including phenoxy) is 1. The number of aliphatic hydroxyl groups is 1. The van der Waals surface area contributed by atoms with Gasteiger partial charge in [0.25, 0.3) is 5.60 Å². The Morgan fingerprint density at radius 2 is 1.31 bits per heavy atom. The second-order valence-electron chi connectivity index (χ2n) is 9.80. The van der Waals surface area contributed by atoms with Crippen LogP contribution in [0.1, 0.15) is 81.1 Å². The van der Waals surface area contributed by atoms with Crippen LogP contribution < -0.4 is 0 Å². The highest BCUT2D eigenvalue weighted by molar-refractivity contribution is 5.77. The molecular weight excluding hydrogens is 402 g/mol. The Hall–Kier alpha value is -0.990. The summed E-state index contributed by atoms with van der Waals surface area (Å²) in [6.07, 6.45) is -14.9. The third-order valence-electron chi connectivity index (χ3n) is 5.90. The third-order valence-corrected chi connectivity index (χ3v) is 5.90. The molecule has 2 unspecified atom stereocenters. The molecule has 3 nitrogen and oxygen atoms in total. The molecule has 1 N–H and O–H groups in total. The highest BCUT2D eigenvalue weighted by Crippen LogP contribution is 2.51. The summed E-state index contributed by atoms with van der Waals surface area (Å²) in [5.41, 5.74) is -7.08. The summed E-state index contributed by atoms with van der Waals surface area (Å²) in [5, 5.41) is 9.45. The molecule has 0 aromatic carbocycles. The molecule has 29 heavy (non-hydrogen) atoms. The summed E-state index contributed by atoms with van der Waals surface area (Å²) >= 11 is 0. The van der Waals surface area contributed by atoms with Crippen molar-refractivity contribution in [2.75, 3.05) is 0 Å². The largest absolute Gasteiger partial charge is 0.462 e. The summed E-state index contributed by atoms with van der Waals surface area (Å²) in [4.78, 5) is 13.0. The Bertz CT molecular complexity index is 546. The van der Waals surface area contributed by atoms with Gasteiger partial charge in [0.15, 0.2) is 0 Å². The van der Waals surface area contributed by atoms with Gasteiger partial charge in [-0.05, 0) is 37.0 Å². The monoisotopic (exact) mass is 436 g/mol. The average molecular weight is 436 g/mol. The first-order valence-corrected chi connectivity index (χ1v) is 9.65. The molecular formula is C20H34F6O3. The molecule has 0 aromatic heterocycles. The highest BCUT2D eigenvalue weighted by atomic mass is 19.4. The van der Waals surface area contributed by atoms with Crippen LogP contribution in [0.15, 0.2) is 0 Å². The fourth-order valence-electron chi connectivity index (χ4n) is 3.31. The summed E-state index contributed by atoms with van der Waals surface area (Å²) < 4.78 is 83.3. The molecule has 0 amide bonds. The van der Waals surface area contributed by atoms with Crippen LogP contribution in [-0.2, 0) is 9.53 Å². The van der Waals surface area contributed by atoms with E-state index >= 15 is 0 Å². The van der Waals surface area contributed by atoms with E-state index in [-0.39, 0.29) is 11.8 Å². The maximum Gasteiger partial charge on any atom is 0.426 e. The standard InChI is InChI=1S/C20H34F6O3/c1-9-13(11-18(28,19(21,22)23)20(24,25)26)29-14(27)17(8,12-15(3,4)5)16(6,7)10-2/h13,28H,9-12H2,1-8H3. The van der Waals surface area contributed by atoms with Crippen LogP contribution in [0.25, 0.3) is 0 Å². The number of halogens is 6. The Kier molecular flexibility index (Phi) is 8.34. The summed E-state index contributed by atoms with van der Waals surface area (Å²) in [7, 11) is 0. The van der Waals surface area contributed by atoms with Gasteiger partial charge in [-0.15, -0.1) is 0 Å². The lowest BCUT2D eigenvalue weighted by Gasteiger charge is -2.46. The van der Waals surface area contributed by atoms with E-state index in [0.29, 0.717) is 12.8 Å². The van der Waals surface area contributed by atoms with Crippen molar-refractivity contribution in [1.82, 2.24) is 0 Å². The molecule has 0 aromatic rings. The van der Waals surface area contributed by atoms with Gasteiger partial charge in [-0.1, -0.05) is 48.5 Å². The van der Waals surface area contributed by atoms with E-state index in [1.165, 1.54) is 6.92 Å². The van der Waals surface area contributed by atoms with Crippen molar-refractivity contribution >= 4 is 5.97 Å². The molecule has 0 aliphatic rings. The third kappa shape index (κ3) is 6.25. The maximum absolute atomic E-state index is 13.0. The zero-order valence-corrected chi connectivity index (χ0v) is 18.4. The average Bonchev–Trinajstić information content (AvgIpc) is 2.49. The topological polar surface area (TPSA) is 46.5 Å². The quantitative estimate of drug-likeness (QED) is 0.352. The van der Waals surface area contributed by atoms with E-state index < -0.39 is 47.3 Å². The first-order valence-electron chi connectivity index (χ1n) is 9.65. The number of esters is 1. The van der Waals surface area contributed by atoms with Gasteiger partial charge in [-0.3, -0.25) is 4.79 Å². The first kappa shape index (κ1) is 28.0. The minimum absolute atomic E-state index is 0.307. The minimum atomic E-state index is -5.96. The second kappa shape index (κ2) is 8.63. The lowest BCUT2D eigenvalue weighted by molar-refractivity contribution is -0.374. The van der Waals surface area contributed by atoms with Gasteiger partial charge in [0.2, 0.25) is 0 Å². The van der Waals surface area contributed by atoms with Crippen LogP contribution >= 0.6 is 0 Å². The summed E-state index contributed by atoms with van der Waals surface area (Å²) in [5.74, 6) is -0.863. The van der Waals surface area contributed by atoms with Crippen LogP contribution in [0, 0.1) is 16.2 Å². The predicted molar refractivity (Wildman–Crippen MR) is 98.1 cm³/mol. The Morgan fingerprint density at radius 1 is 0.897 bits per heavy atom. The van der Waals surface area contributed by atoms with E-state index in [4.69, 9.17) is 4.74 Å². The summed E-state index contributed by atoms with van der Waals surface area (Å²) in [6, 6.07) is 0. The van der Waals surface area contributed by atoms with Crippen LogP contribution in [-0.4, -0.2) is 35.1 Å². The number of carbonyl (C=O) groups excluding carboxylic acids is 1. The molecule has 0 bridgehead atoms. The van der Waals surface area contributed by atoms with Crippen molar-refractivity contribution < 1.29 is 41.0 Å². The number of alkyl halides is 6. The zero-order chi connectivity index (χ0) is 23.7. The number of hydrogen-bond acceptors (Lipinski definition) is 3. The summed E-state index contributed by atoms with van der Waals surface area (Å²) in [6.45, 7) is 14.0. The van der Waals surface area contributed by atoms with Crippen molar-refractivity contribution in [3.63, 3.8) is 0 Å². The molecule has 2 atom stereocenters. The molecule has 0 heterocycles. The van der Waals surface area contributed by atoms with Crippen LogP contribution in [0.2, 0.25) is 0 Å². The van der Waals surface area contributed by atoms with E-state index in [9.17, 15) is 36.2 Å². The maximum atomic E-state index is 13.0. The number of hydrogen-bond donors (Lipinski definition) is 1.